The van der Waals surface area contributed by atoms with Gasteiger partial charge in [-0.15, -0.1) is 11.6 Å². The first-order valence-electron chi connectivity index (χ1n) is 13.2. The molecule has 6 nitrogen and oxygen atoms in total. The Morgan fingerprint density at radius 3 is 2.55 bits per heavy atom. The Bertz CT molecular complexity index is 1580. The second-order valence-electron chi connectivity index (χ2n) is 10.6. The van der Waals surface area contributed by atoms with Gasteiger partial charge in [0.25, 0.3) is 0 Å². The lowest BCUT2D eigenvalue weighted by Crippen LogP contribution is -2.36. The molecule has 1 aromatic heterocycles. The number of oxazole rings is 1. The van der Waals surface area contributed by atoms with Gasteiger partial charge in [0, 0.05) is 17.2 Å². The van der Waals surface area contributed by atoms with Gasteiger partial charge in [0.1, 0.15) is 24.4 Å². The van der Waals surface area contributed by atoms with Crippen LogP contribution in [0.5, 0.6) is 5.75 Å². The van der Waals surface area contributed by atoms with Crippen molar-refractivity contribution in [3.8, 4) is 16.9 Å². The van der Waals surface area contributed by atoms with Gasteiger partial charge in [0.05, 0.1) is 23.2 Å². The fraction of sp³-hybridized carbons (Fsp3) is 0.323. The fourth-order valence-corrected chi connectivity index (χ4v) is 6.70. The van der Waals surface area contributed by atoms with Crippen molar-refractivity contribution < 1.29 is 22.0 Å². The predicted molar refractivity (Wildman–Crippen MR) is 154 cm³/mol. The summed E-state index contributed by atoms with van der Waals surface area (Å²) in [6.07, 6.45) is 4.31. The molecule has 210 valence electrons. The third-order valence-electron chi connectivity index (χ3n) is 7.65. The van der Waals surface area contributed by atoms with Crippen LogP contribution in [0, 0.1) is 11.7 Å². The maximum absolute atomic E-state index is 15.3. The Hall–Kier alpha value is -3.20. The topological polar surface area (TPSA) is 81.4 Å². The minimum atomic E-state index is -3.40. The summed E-state index contributed by atoms with van der Waals surface area (Å²) in [4.78, 5) is 4.66. The Kier molecular flexibility index (Phi) is 8.31. The molecule has 0 spiro atoms. The number of rotatable bonds is 10. The molecule has 0 radical (unpaired) electrons. The molecule has 4 aromatic rings. The van der Waals surface area contributed by atoms with Crippen LogP contribution >= 0.6 is 11.6 Å². The van der Waals surface area contributed by atoms with Crippen molar-refractivity contribution >= 4 is 21.6 Å². The zero-order chi connectivity index (χ0) is 28.3. The average molecular weight is 583 g/mol. The summed E-state index contributed by atoms with van der Waals surface area (Å²) < 4.78 is 54.2. The minimum Gasteiger partial charge on any atom is -0.488 e. The third-order valence-corrected chi connectivity index (χ3v) is 8.69. The number of sulfonamides is 1. The second kappa shape index (κ2) is 11.7. The molecule has 1 heterocycles. The molecule has 3 atom stereocenters. The molecular formula is C31H32ClFN2O4S. The average Bonchev–Trinajstić information content (AvgIpc) is 3.53. The summed E-state index contributed by atoms with van der Waals surface area (Å²) >= 11 is 6.02. The molecule has 1 aliphatic rings. The zero-order valence-electron chi connectivity index (χ0n) is 22.4. The SMILES string of the molecule is C[C@@H]1C[C@@H](NS(C)(=O)=O)C[C@]1(Cc1ccc(F)c(-c2ccccc2OCc2ccccc2)c1)c1nc(CCl)co1. The molecule has 40 heavy (non-hydrogen) atoms. The molecule has 0 bridgehead atoms. The molecule has 3 aromatic carbocycles. The normalized spacial score (nSPS) is 21.0. The van der Waals surface area contributed by atoms with Gasteiger partial charge < -0.3 is 9.15 Å². The van der Waals surface area contributed by atoms with Crippen LogP contribution in [0.15, 0.2) is 83.5 Å². The molecule has 0 unspecified atom stereocenters. The quantitative estimate of drug-likeness (QED) is 0.212. The van der Waals surface area contributed by atoms with Crippen molar-refractivity contribution in [2.45, 2.75) is 50.1 Å². The van der Waals surface area contributed by atoms with Gasteiger partial charge in [-0.3, -0.25) is 0 Å². The maximum atomic E-state index is 15.3. The summed E-state index contributed by atoms with van der Waals surface area (Å²) in [5, 5.41) is 0. The van der Waals surface area contributed by atoms with E-state index in [4.69, 9.17) is 20.8 Å². The zero-order valence-corrected chi connectivity index (χ0v) is 24.0. The van der Waals surface area contributed by atoms with E-state index in [0.717, 1.165) is 17.4 Å². The summed E-state index contributed by atoms with van der Waals surface area (Å²) in [7, 11) is -3.40. The van der Waals surface area contributed by atoms with Crippen LogP contribution in [0.25, 0.3) is 11.1 Å². The number of para-hydroxylation sites is 1. The van der Waals surface area contributed by atoms with Crippen molar-refractivity contribution in [3.63, 3.8) is 0 Å². The molecular weight excluding hydrogens is 551 g/mol. The van der Waals surface area contributed by atoms with Crippen LogP contribution in [0.3, 0.4) is 0 Å². The lowest BCUT2D eigenvalue weighted by Gasteiger charge is -2.31. The van der Waals surface area contributed by atoms with Crippen molar-refractivity contribution in [1.29, 1.82) is 0 Å². The lowest BCUT2D eigenvalue weighted by molar-refractivity contribution is 0.257. The molecule has 0 saturated heterocycles. The maximum Gasteiger partial charge on any atom is 0.208 e. The van der Waals surface area contributed by atoms with Crippen LogP contribution in [0.1, 0.15) is 42.5 Å². The van der Waals surface area contributed by atoms with E-state index in [9.17, 15) is 8.42 Å². The summed E-state index contributed by atoms with van der Waals surface area (Å²) in [5.74, 6) is 0.988. The Morgan fingerprint density at radius 2 is 1.82 bits per heavy atom. The Morgan fingerprint density at radius 1 is 1.07 bits per heavy atom. The van der Waals surface area contributed by atoms with Gasteiger partial charge in [-0.1, -0.05) is 61.5 Å². The molecule has 0 amide bonds. The van der Waals surface area contributed by atoms with Gasteiger partial charge in [-0.25, -0.2) is 22.5 Å². The highest BCUT2D eigenvalue weighted by Gasteiger charge is 2.50. The standard InChI is InChI=1S/C31H32ClFN2O4S/c1-21-14-24(35-40(2,36)37)17-31(21,30-34-25(18-32)20-39-30)16-23-12-13-28(33)27(15-23)26-10-6-7-11-29(26)38-19-22-8-4-3-5-9-22/h3-13,15,20-21,24,35H,14,16-19H2,1-2H3/t21-,24-,31+/m1/s1. The van der Waals surface area contributed by atoms with Gasteiger partial charge in [0.2, 0.25) is 15.9 Å². The predicted octanol–water partition coefficient (Wildman–Crippen LogP) is 6.63. The second-order valence-corrected chi connectivity index (χ2v) is 12.7. The van der Waals surface area contributed by atoms with Gasteiger partial charge in [-0.05, 0) is 54.5 Å². The number of halogens is 2. The largest absolute Gasteiger partial charge is 0.488 e. The number of hydrogen-bond acceptors (Lipinski definition) is 5. The van der Waals surface area contributed by atoms with Crippen LogP contribution < -0.4 is 9.46 Å². The van der Waals surface area contributed by atoms with E-state index < -0.39 is 15.4 Å². The monoisotopic (exact) mass is 582 g/mol. The van der Waals surface area contributed by atoms with Crippen molar-refractivity contribution in [1.82, 2.24) is 9.71 Å². The molecule has 1 saturated carbocycles. The smallest absolute Gasteiger partial charge is 0.208 e. The van der Waals surface area contributed by atoms with Gasteiger partial charge >= 0.3 is 0 Å². The number of hydrogen-bond donors (Lipinski definition) is 1. The highest BCUT2D eigenvalue weighted by Crippen LogP contribution is 2.48. The van der Waals surface area contributed by atoms with E-state index in [1.807, 2.05) is 60.7 Å². The molecule has 1 N–H and O–H groups in total. The number of ether oxygens (including phenoxy) is 1. The number of nitrogens with one attached hydrogen (secondary N) is 1. The summed E-state index contributed by atoms with van der Waals surface area (Å²) in [5.41, 5.74) is 3.00. The summed E-state index contributed by atoms with van der Waals surface area (Å²) in [6.45, 7) is 2.44. The first kappa shape index (κ1) is 28.3. The minimum absolute atomic E-state index is 0.0311. The third kappa shape index (κ3) is 6.24. The Labute approximate surface area is 239 Å². The molecule has 1 aliphatic carbocycles. The highest BCUT2D eigenvalue weighted by atomic mass is 35.5. The number of alkyl halides is 1. The van der Waals surface area contributed by atoms with E-state index in [1.54, 1.807) is 12.3 Å². The van der Waals surface area contributed by atoms with E-state index in [2.05, 4.69) is 16.6 Å². The van der Waals surface area contributed by atoms with Crippen LogP contribution in [-0.2, 0) is 34.3 Å². The van der Waals surface area contributed by atoms with Crippen LogP contribution in [0.2, 0.25) is 0 Å². The molecule has 0 aliphatic heterocycles. The van der Waals surface area contributed by atoms with Crippen molar-refractivity contribution in [3.05, 3.63) is 108 Å². The summed E-state index contributed by atoms with van der Waals surface area (Å²) in [6, 6.07) is 22.0. The highest BCUT2D eigenvalue weighted by molar-refractivity contribution is 7.88. The molecule has 5 rings (SSSR count). The van der Waals surface area contributed by atoms with Crippen molar-refractivity contribution in [2.75, 3.05) is 6.26 Å². The van der Waals surface area contributed by atoms with Gasteiger partial charge in [-0.2, -0.15) is 0 Å². The van der Waals surface area contributed by atoms with E-state index in [-0.39, 0.29) is 23.7 Å². The van der Waals surface area contributed by atoms with E-state index >= 15 is 4.39 Å². The van der Waals surface area contributed by atoms with Crippen LogP contribution in [-0.4, -0.2) is 25.7 Å². The fourth-order valence-electron chi connectivity index (χ4n) is 5.79. The first-order valence-corrected chi connectivity index (χ1v) is 15.6. The first-order chi connectivity index (χ1) is 19.2. The van der Waals surface area contributed by atoms with E-state index in [1.165, 1.54) is 6.07 Å². The van der Waals surface area contributed by atoms with E-state index in [0.29, 0.717) is 54.3 Å². The Balaban J connectivity index is 1.49. The lowest BCUT2D eigenvalue weighted by atomic mass is 9.73. The van der Waals surface area contributed by atoms with Crippen LogP contribution in [0.4, 0.5) is 4.39 Å². The molecule has 9 heteroatoms. The number of nitrogens with zero attached hydrogens (tertiary/aromatic N) is 1. The van der Waals surface area contributed by atoms with Gasteiger partial charge in [0.15, 0.2) is 0 Å². The van der Waals surface area contributed by atoms with Crippen molar-refractivity contribution in [2.24, 2.45) is 5.92 Å². The number of benzene rings is 3. The molecule has 1 fully saturated rings. The number of aromatic nitrogens is 1.